The molecule has 23 heavy (non-hydrogen) atoms. The van der Waals surface area contributed by atoms with Crippen LogP contribution in [0.25, 0.3) is 17.7 Å². The van der Waals surface area contributed by atoms with Gasteiger partial charge in [-0.05, 0) is 66.0 Å². The zero-order chi connectivity index (χ0) is 16.4. The molecule has 0 heterocycles. The Morgan fingerprint density at radius 1 is 0.913 bits per heavy atom. The van der Waals surface area contributed by atoms with Gasteiger partial charge in [0.05, 0.1) is 0 Å². The zero-order valence-corrected chi connectivity index (χ0v) is 14.7. The molecule has 0 N–H and O–H groups in total. The Morgan fingerprint density at radius 3 is 2.26 bits per heavy atom. The number of rotatable bonds is 2. The number of allylic oxidation sites excluding steroid dienone is 2. The Kier molecular flexibility index (Phi) is 4.26. The van der Waals surface area contributed by atoms with Gasteiger partial charge in [-0.15, -0.1) is 0 Å². The minimum Gasteiger partial charge on any atom is -0.0838 e. The number of benzene rings is 2. The van der Waals surface area contributed by atoms with E-state index in [2.05, 4.69) is 88.4 Å². The third kappa shape index (κ3) is 3.32. The van der Waals surface area contributed by atoms with Crippen LogP contribution >= 0.6 is 0 Å². The van der Waals surface area contributed by atoms with Crippen LogP contribution in [-0.4, -0.2) is 0 Å². The normalized spacial score (nSPS) is 18.3. The van der Waals surface area contributed by atoms with Crippen molar-refractivity contribution in [2.45, 2.75) is 46.0 Å². The van der Waals surface area contributed by atoms with Crippen LogP contribution in [0.1, 0.15) is 61.4 Å². The third-order valence-corrected chi connectivity index (χ3v) is 5.03. The van der Waals surface area contributed by atoms with Gasteiger partial charge in [-0.25, -0.2) is 0 Å². The van der Waals surface area contributed by atoms with Crippen LogP contribution in [0.5, 0.6) is 0 Å². The average molecular weight is 302 g/mol. The van der Waals surface area contributed by atoms with E-state index in [4.69, 9.17) is 0 Å². The molecule has 0 saturated heterocycles. The van der Waals surface area contributed by atoms with Crippen molar-refractivity contribution in [3.8, 4) is 0 Å². The Hall–Kier alpha value is -2.08. The van der Waals surface area contributed by atoms with E-state index < -0.39 is 0 Å². The molecule has 0 bridgehead atoms. The fraction of sp³-hybridized carbons (Fsp3) is 0.304. The summed E-state index contributed by atoms with van der Waals surface area (Å²) in [6.07, 6.45) is 9.12. The molecule has 2 aromatic carbocycles. The molecule has 0 fully saturated rings. The Morgan fingerprint density at radius 2 is 1.57 bits per heavy atom. The van der Waals surface area contributed by atoms with Gasteiger partial charge in [0.2, 0.25) is 0 Å². The van der Waals surface area contributed by atoms with Crippen LogP contribution in [-0.2, 0) is 5.41 Å². The van der Waals surface area contributed by atoms with Crippen molar-refractivity contribution in [2.24, 2.45) is 0 Å². The Labute approximate surface area is 140 Å². The molecule has 1 aliphatic rings. The van der Waals surface area contributed by atoms with Crippen molar-refractivity contribution in [1.29, 1.82) is 0 Å². The molecule has 2 aromatic rings. The lowest BCUT2D eigenvalue weighted by Crippen LogP contribution is -2.23. The molecule has 0 radical (unpaired) electrons. The third-order valence-electron chi connectivity index (χ3n) is 5.03. The highest BCUT2D eigenvalue weighted by molar-refractivity contribution is 5.76. The lowest BCUT2D eigenvalue weighted by molar-refractivity contribution is 0.474. The van der Waals surface area contributed by atoms with Gasteiger partial charge in [0.25, 0.3) is 0 Å². The SMILES string of the molecule is C/C=C1\CCC(C)(C)c2ccc(/C=C/c3ccc(C)cc3)cc21. The van der Waals surface area contributed by atoms with Crippen LogP contribution in [0.3, 0.4) is 0 Å². The molecule has 0 heteroatoms. The summed E-state index contributed by atoms with van der Waals surface area (Å²) in [5.74, 6) is 0. The van der Waals surface area contributed by atoms with E-state index >= 15 is 0 Å². The molecular formula is C23H26. The first-order valence-corrected chi connectivity index (χ1v) is 8.54. The van der Waals surface area contributed by atoms with Crippen molar-refractivity contribution in [2.75, 3.05) is 0 Å². The predicted octanol–water partition coefficient (Wildman–Crippen LogP) is 6.64. The second kappa shape index (κ2) is 6.20. The van der Waals surface area contributed by atoms with Crippen molar-refractivity contribution in [3.05, 3.63) is 76.4 Å². The van der Waals surface area contributed by atoms with E-state index in [-0.39, 0.29) is 5.41 Å². The van der Waals surface area contributed by atoms with E-state index in [1.165, 1.54) is 46.2 Å². The molecule has 0 amide bonds. The topological polar surface area (TPSA) is 0 Å². The van der Waals surface area contributed by atoms with Gasteiger partial charge in [-0.3, -0.25) is 0 Å². The van der Waals surface area contributed by atoms with Crippen LogP contribution in [0.15, 0.2) is 48.5 Å². The summed E-state index contributed by atoms with van der Waals surface area (Å²) in [5, 5.41) is 0. The summed E-state index contributed by atoms with van der Waals surface area (Å²) in [4.78, 5) is 0. The summed E-state index contributed by atoms with van der Waals surface area (Å²) in [5.41, 5.74) is 8.53. The standard InChI is InChI=1S/C23H26/c1-5-20-14-15-23(3,4)22-13-12-19(16-21(20)22)11-10-18-8-6-17(2)7-9-18/h5-13,16H,14-15H2,1-4H3/b11-10+,20-5+. The Balaban J connectivity index is 1.95. The van der Waals surface area contributed by atoms with Crippen molar-refractivity contribution < 1.29 is 0 Å². The van der Waals surface area contributed by atoms with Gasteiger partial charge in [-0.2, -0.15) is 0 Å². The minimum atomic E-state index is 0.279. The van der Waals surface area contributed by atoms with Crippen molar-refractivity contribution in [3.63, 3.8) is 0 Å². The number of fused-ring (bicyclic) bond motifs is 1. The second-order valence-corrected chi connectivity index (χ2v) is 7.25. The maximum absolute atomic E-state index is 2.36. The molecule has 0 unspecified atom stereocenters. The highest BCUT2D eigenvalue weighted by Crippen LogP contribution is 2.42. The quantitative estimate of drug-likeness (QED) is 0.545. The number of aryl methyl sites for hydroxylation is 1. The lowest BCUT2D eigenvalue weighted by atomic mass is 9.70. The molecule has 0 aromatic heterocycles. The fourth-order valence-electron chi connectivity index (χ4n) is 3.41. The zero-order valence-electron chi connectivity index (χ0n) is 14.7. The number of hydrogen-bond donors (Lipinski definition) is 0. The van der Waals surface area contributed by atoms with E-state index in [9.17, 15) is 0 Å². The summed E-state index contributed by atoms with van der Waals surface area (Å²) in [7, 11) is 0. The lowest BCUT2D eigenvalue weighted by Gasteiger charge is -2.34. The summed E-state index contributed by atoms with van der Waals surface area (Å²) >= 11 is 0. The molecule has 0 aliphatic heterocycles. The van der Waals surface area contributed by atoms with Crippen LogP contribution in [0.2, 0.25) is 0 Å². The maximum atomic E-state index is 2.36. The fourth-order valence-corrected chi connectivity index (χ4v) is 3.41. The summed E-state index contributed by atoms with van der Waals surface area (Å²) in [6, 6.07) is 15.6. The first-order valence-electron chi connectivity index (χ1n) is 8.54. The van der Waals surface area contributed by atoms with E-state index in [0.717, 1.165) is 0 Å². The van der Waals surface area contributed by atoms with Gasteiger partial charge < -0.3 is 0 Å². The van der Waals surface area contributed by atoms with E-state index in [0.29, 0.717) is 0 Å². The minimum absolute atomic E-state index is 0.279. The molecule has 118 valence electrons. The smallest absolute Gasteiger partial charge is 0.00944 e. The highest BCUT2D eigenvalue weighted by Gasteiger charge is 2.29. The van der Waals surface area contributed by atoms with E-state index in [1.54, 1.807) is 0 Å². The molecule has 0 atom stereocenters. The van der Waals surface area contributed by atoms with Crippen LogP contribution in [0, 0.1) is 6.92 Å². The second-order valence-electron chi connectivity index (χ2n) is 7.25. The van der Waals surface area contributed by atoms with Gasteiger partial charge in [0.15, 0.2) is 0 Å². The van der Waals surface area contributed by atoms with Gasteiger partial charge in [-0.1, -0.05) is 74.0 Å². The molecule has 0 nitrogen and oxygen atoms in total. The van der Waals surface area contributed by atoms with Gasteiger partial charge in [0, 0.05) is 0 Å². The first kappa shape index (κ1) is 15.8. The number of hydrogen-bond acceptors (Lipinski definition) is 0. The molecule has 1 aliphatic carbocycles. The largest absolute Gasteiger partial charge is 0.0838 e. The summed E-state index contributed by atoms with van der Waals surface area (Å²) in [6.45, 7) is 9.00. The van der Waals surface area contributed by atoms with E-state index in [1.807, 2.05) is 0 Å². The highest BCUT2D eigenvalue weighted by atomic mass is 14.3. The Bertz CT molecular complexity index is 755. The van der Waals surface area contributed by atoms with Crippen molar-refractivity contribution in [1.82, 2.24) is 0 Å². The van der Waals surface area contributed by atoms with Gasteiger partial charge >= 0.3 is 0 Å². The maximum Gasteiger partial charge on any atom is -0.00944 e. The predicted molar refractivity (Wildman–Crippen MR) is 102 cm³/mol. The first-order chi connectivity index (χ1) is 11.0. The van der Waals surface area contributed by atoms with Crippen LogP contribution in [0.4, 0.5) is 0 Å². The summed E-state index contributed by atoms with van der Waals surface area (Å²) < 4.78 is 0. The molecule has 0 spiro atoms. The average Bonchev–Trinajstić information content (AvgIpc) is 2.54. The van der Waals surface area contributed by atoms with Crippen LogP contribution < -0.4 is 0 Å². The monoisotopic (exact) mass is 302 g/mol. The molecule has 0 saturated carbocycles. The molecular weight excluding hydrogens is 276 g/mol. The molecule has 3 rings (SSSR count). The van der Waals surface area contributed by atoms with Gasteiger partial charge in [0.1, 0.15) is 0 Å². The van der Waals surface area contributed by atoms with Crippen molar-refractivity contribution >= 4 is 17.7 Å².